The molecule has 1 aromatic rings. The number of hydrogen-bond acceptors (Lipinski definition) is 3. The molecule has 0 aliphatic rings. The van der Waals surface area contributed by atoms with Crippen LogP contribution in [-0.4, -0.2) is 5.78 Å². The molecule has 12 heavy (non-hydrogen) atoms. The molecular formula is C9H12N2O. The summed E-state index contributed by atoms with van der Waals surface area (Å²) in [4.78, 5) is 10.7. The summed E-state index contributed by atoms with van der Waals surface area (Å²) in [7, 11) is 0. The van der Waals surface area contributed by atoms with Crippen molar-refractivity contribution in [2.45, 2.75) is 13.3 Å². The van der Waals surface area contributed by atoms with Crippen LogP contribution in [0.4, 0.5) is 5.69 Å². The van der Waals surface area contributed by atoms with Gasteiger partial charge in [0.25, 0.3) is 0 Å². The third-order valence-electron chi connectivity index (χ3n) is 1.57. The zero-order valence-corrected chi connectivity index (χ0v) is 7.00. The van der Waals surface area contributed by atoms with Gasteiger partial charge in [-0.3, -0.25) is 10.6 Å². The van der Waals surface area contributed by atoms with Crippen LogP contribution in [0, 0.1) is 0 Å². The Balaban J connectivity index is 2.71. The molecule has 0 unspecified atom stereocenters. The molecule has 0 amide bonds. The first-order chi connectivity index (χ1) is 5.72. The molecule has 0 spiro atoms. The SMILES string of the molecule is CC(=O)Cc1ccc(NN)cc1. The van der Waals surface area contributed by atoms with Gasteiger partial charge in [-0.1, -0.05) is 12.1 Å². The summed E-state index contributed by atoms with van der Waals surface area (Å²) in [6.45, 7) is 1.58. The van der Waals surface area contributed by atoms with Gasteiger partial charge in [0.1, 0.15) is 5.78 Å². The first kappa shape index (κ1) is 8.74. The van der Waals surface area contributed by atoms with E-state index in [2.05, 4.69) is 5.43 Å². The number of rotatable bonds is 3. The van der Waals surface area contributed by atoms with E-state index in [4.69, 9.17) is 5.84 Å². The Labute approximate surface area is 71.5 Å². The maximum Gasteiger partial charge on any atom is 0.134 e. The van der Waals surface area contributed by atoms with Gasteiger partial charge in [-0.15, -0.1) is 0 Å². The van der Waals surface area contributed by atoms with E-state index >= 15 is 0 Å². The van der Waals surface area contributed by atoms with Crippen LogP contribution in [0.2, 0.25) is 0 Å². The number of nitrogen functional groups attached to an aromatic ring is 1. The van der Waals surface area contributed by atoms with Crippen molar-refractivity contribution >= 4 is 11.5 Å². The molecular weight excluding hydrogens is 152 g/mol. The number of nitrogens with one attached hydrogen (secondary N) is 1. The second kappa shape index (κ2) is 3.88. The molecule has 0 radical (unpaired) electrons. The third-order valence-corrected chi connectivity index (χ3v) is 1.57. The van der Waals surface area contributed by atoms with Gasteiger partial charge in [-0.05, 0) is 24.6 Å². The van der Waals surface area contributed by atoms with Crippen LogP contribution in [0.5, 0.6) is 0 Å². The van der Waals surface area contributed by atoms with Crippen molar-refractivity contribution in [1.82, 2.24) is 0 Å². The molecule has 1 rings (SSSR count). The molecule has 3 N–H and O–H groups in total. The Hall–Kier alpha value is -1.35. The molecule has 3 heteroatoms. The minimum atomic E-state index is 0.170. The summed E-state index contributed by atoms with van der Waals surface area (Å²) in [5, 5.41) is 0. The van der Waals surface area contributed by atoms with Crippen LogP contribution in [0.1, 0.15) is 12.5 Å². The van der Waals surface area contributed by atoms with Crippen molar-refractivity contribution in [1.29, 1.82) is 0 Å². The molecule has 0 aliphatic heterocycles. The quantitative estimate of drug-likeness (QED) is 0.519. The highest BCUT2D eigenvalue weighted by Crippen LogP contribution is 2.08. The van der Waals surface area contributed by atoms with Gasteiger partial charge < -0.3 is 5.43 Å². The van der Waals surface area contributed by atoms with Gasteiger partial charge in [0.05, 0.1) is 0 Å². The van der Waals surface area contributed by atoms with E-state index in [-0.39, 0.29) is 5.78 Å². The summed E-state index contributed by atoms with van der Waals surface area (Å²) < 4.78 is 0. The number of Topliss-reactive ketones (excluding diaryl/α,β-unsaturated/α-hetero) is 1. The molecule has 0 saturated heterocycles. The zero-order valence-electron chi connectivity index (χ0n) is 7.00. The zero-order chi connectivity index (χ0) is 8.97. The van der Waals surface area contributed by atoms with E-state index in [0.29, 0.717) is 6.42 Å². The van der Waals surface area contributed by atoms with Crippen LogP contribution < -0.4 is 11.3 Å². The molecule has 0 bridgehead atoms. The Morgan fingerprint density at radius 3 is 2.42 bits per heavy atom. The highest BCUT2D eigenvalue weighted by Gasteiger charge is 1.96. The van der Waals surface area contributed by atoms with E-state index in [1.54, 1.807) is 6.92 Å². The number of hydrazine groups is 1. The molecule has 64 valence electrons. The van der Waals surface area contributed by atoms with Gasteiger partial charge in [0.2, 0.25) is 0 Å². The van der Waals surface area contributed by atoms with Crippen LogP contribution >= 0.6 is 0 Å². The molecule has 0 fully saturated rings. The van der Waals surface area contributed by atoms with Crippen molar-refractivity contribution in [3.8, 4) is 0 Å². The normalized spacial score (nSPS) is 9.50. The molecule has 1 aromatic carbocycles. The third kappa shape index (κ3) is 2.36. The lowest BCUT2D eigenvalue weighted by atomic mass is 10.1. The number of nitrogens with two attached hydrogens (primary N) is 1. The summed E-state index contributed by atoms with van der Waals surface area (Å²) in [5.41, 5.74) is 4.39. The number of benzene rings is 1. The first-order valence-electron chi connectivity index (χ1n) is 3.77. The smallest absolute Gasteiger partial charge is 0.134 e. The lowest BCUT2D eigenvalue weighted by molar-refractivity contribution is -0.116. The van der Waals surface area contributed by atoms with E-state index in [1.807, 2.05) is 24.3 Å². The average Bonchev–Trinajstić information content (AvgIpc) is 2.05. The lowest BCUT2D eigenvalue weighted by Gasteiger charge is -2.00. The van der Waals surface area contributed by atoms with Crippen LogP contribution in [-0.2, 0) is 11.2 Å². The van der Waals surface area contributed by atoms with E-state index in [9.17, 15) is 4.79 Å². The molecule has 0 heterocycles. The predicted molar refractivity (Wildman–Crippen MR) is 48.6 cm³/mol. The Morgan fingerprint density at radius 1 is 1.42 bits per heavy atom. The van der Waals surface area contributed by atoms with Crippen molar-refractivity contribution in [3.63, 3.8) is 0 Å². The number of anilines is 1. The van der Waals surface area contributed by atoms with Crippen LogP contribution in [0.3, 0.4) is 0 Å². The molecule has 3 nitrogen and oxygen atoms in total. The van der Waals surface area contributed by atoms with Gasteiger partial charge in [0, 0.05) is 12.1 Å². The number of carbonyl (C=O) groups is 1. The second-order valence-electron chi connectivity index (χ2n) is 2.72. The summed E-state index contributed by atoms with van der Waals surface area (Å²) in [6, 6.07) is 7.46. The van der Waals surface area contributed by atoms with Crippen molar-refractivity contribution in [2.24, 2.45) is 5.84 Å². The van der Waals surface area contributed by atoms with Gasteiger partial charge in [-0.2, -0.15) is 0 Å². The lowest BCUT2D eigenvalue weighted by Crippen LogP contribution is -2.06. The topological polar surface area (TPSA) is 55.1 Å². The van der Waals surface area contributed by atoms with E-state index < -0.39 is 0 Å². The monoisotopic (exact) mass is 164 g/mol. The highest BCUT2D eigenvalue weighted by atomic mass is 16.1. The Kier molecular flexibility index (Phi) is 2.82. The Bertz CT molecular complexity index is 266. The Morgan fingerprint density at radius 2 is 2.00 bits per heavy atom. The number of hydrogen-bond donors (Lipinski definition) is 2. The molecule has 0 aliphatic carbocycles. The second-order valence-corrected chi connectivity index (χ2v) is 2.72. The molecule has 0 aromatic heterocycles. The highest BCUT2D eigenvalue weighted by molar-refractivity contribution is 5.78. The predicted octanol–water partition coefficient (Wildman–Crippen LogP) is 1.10. The summed E-state index contributed by atoms with van der Waals surface area (Å²) in [5.74, 6) is 5.35. The largest absolute Gasteiger partial charge is 0.324 e. The standard InChI is InChI=1S/C9H12N2O/c1-7(12)6-8-2-4-9(11-10)5-3-8/h2-5,11H,6,10H2,1H3. The maximum atomic E-state index is 10.7. The first-order valence-corrected chi connectivity index (χ1v) is 3.77. The number of carbonyl (C=O) groups excluding carboxylic acids is 1. The minimum Gasteiger partial charge on any atom is -0.324 e. The molecule has 0 saturated carbocycles. The van der Waals surface area contributed by atoms with Crippen LogP contribution in [0.25, 0.3) is 0 Å². The van der Waals surface area contributed by atoms with Gasteiger partial charge in [0.15, 0.2) is 0 Å². The maximum absolute atomic E-state index is 10.7. The average molecular weight is 164 g/mol. The van der Waals surface area contributed by atoms with E-state index in [1.165, 1.54) is 0 Å². The van der Waals surface area contributed by atoms with Crippen molar-refractivity contribution < 1.29 is 4.79 Å². The summed E-state index contributed by atoms with van der Waals surface area (Å²) >= 11 is 0. The van der Waals surface area contributed by atoms with Crippen molar-refractivity contribution in [2.75, 3.05) is 5.43 Å². The van der Waals surface area contributed by atoms with Gasteiger partial charge in [-0.25, -0.2) is 0 Å². The summed E-state index contributed by atoms with van der Waals surface area (Å²) in [6.07, 6.45) is 0.491. The fraction of sp³-hybridized carbons (Fsp3) is 0.222. The van der Waals surface area contributed by atoms with Crippen LogP contribution in [0.15, 0.2) is 24.3 Å². The molecule has 0 atom stereocenters. The fourth-order valence-electron chi connectivity index (χ4n) is 1.01. The van der Waals surface area contributed by atoms with Gasteiger partial charge >= 0.3 is 0 Å². The number of ketones is 1. The van der Waals surface area contributed by atoms with E-state index in [0.717, 1.165) is 11.3 Å². The van der Waals surface area contributed by atoms with Crippen molar-refractivity contribution in [3.05, 3.63) is 29.8 Å². The minimum absolute atomic E-state index is 0.170. The fourth-order valence-corrected chi connectivity index (χ4v) is 1.01.